The van der Waals surface area contributed by atoms with Crippen molar-refractivity contribution >= 4 is 20.6 Å². The average Bonchev–Trinajstić information content (AvgIpc) is 3.51. The van der Waals surface area contributed by atoms with Gasteiger partial charge in [-0.05, 0) is 40.5 Å². The third kappa shape index (κ3) is 4.65. The Balaban J connectivity index is 1.61. The highest BCUT2D eigenvalue weighted by atomic mass is 32.2. The molecule has 5 aromatic rings. The van der Waals surface area contributed by atoms with E-state index in [1.807, 2.05) is 91.0 Å². The predicted molar refractivity (Wildman–Crippen MR) is 142 cm³/mol. The molecule has 1 atom stereocenters. The maximum absolute atomic E-state index is 12.5. The van der Waals surface area contributed by atoms with Crippen LogP contribution >= 0.6 is 0 Å². The average molecular weight is 501 g/mol. The monoisotopic (exact) mass is 500 g/mol. The van der Waals surface area contributed by atoms with Crippen molar-refractivity contribution in [2.24, 2.45) is 0 Å². The molecule has 5 nitrogen and oxygen atoms in total. The molecule has 0 fully saturated rings. The van der Waals surface area contributed by atoms with Crippen LogP contribution in [0, 0.1) is 0 Å². The van der Waals surface area contributed by atoms with E-state index in [4.69, 9.17) is 0 Å². The Bertz CT molecular complexity index is 1630. The number of benzene rings is 3. The summed E-state index contributed by atoms with van der Waals surface area (Å²) in [6, 6.07) is 30.7. The highest BCUT2D eigenvalue weighted by Crippen LogP contribution is 2.35. The molecule has 176 valence electrons. The van der Waals surface area contributed by atoms with Gasteiger partial charge in [0, 0.05) is 23.9 Å². The number of aromatic nitrogens is 2. The first-order valence-electron chi connectivity index (χ1n) is 11.0. The minimum Gasteiger partial charge on any atom is -0.354 e. The summed E-state index contributed by atoms with van der Waals surface area (Å²) in [4.78, 5) is 7.77. The topological polar surface area (TPSA) is 82.8 Å². The Morgan fingerprint density at radius 1 is 0.629 bits per heavy atom. The Hall–Kier alpha value is -3.68. The van der Waals surface area contributed by atoms with Gasteiger partial charge in [0.2, 0.25) is 0 Å². The van der Waals surface area contributed by atoms with Crippen LogP contribution < -0.4 is 0 Å². The summed E-state index contributed by atoms with van der Waals surface area (Å²) in [6.45, 7) is 0. The van der Waals surface area contributed by atoms with Gasteiger partial charge in [-0.15, -0.1) is 0 Å². The normalized spacial score (nSPS) is 12.5. The van der Waals surface area contributed by atoms with Gasteiger partial charge in [-0.1, -0.05) is 78.9 Å². The predicted octanol–water partition coefficient (Wildman–Crippen LogP) is 6.15. The Labute approximate surface area is 207 Å². The molecule has 1 unspecified atom stereocenters. The summed E-state index contributed by atoms with van der Waals surface area (Å²) in [7, 11) is -4.62. The number of nitrogens with one attached hydrogen (secondary N) is 2. The largest absolute Gasteiger partial charge is 0.354 e. The van der Waals surface area contributed by atoms with Crippen molar-refractivity contribution in [2.75, 3.05) is 12.5 Å². The van der Waals surface area contributed by atoms with Gasteiger partial charge in [-0.2, -0.15) is 0 Å². The van der Waals surface area contributed by atoms with Crippen LogP contribution in [0.25, 0.3) is 45.0 Å². The molecule has 5 rings (SSSR count). The summed E-state index contributed by atoms with van der Waals surface area (Å²) in [6.07, 6.45) is 2.89. The molecule has 0 bridgehead atoms. The van der Waals surface area contributed by atoms with E-state index in [9.17, 15) is 12.6 Å². The zero-order valence-corrected chi connectivity index (χ0v) is 20.9. The Morgan fingerprint density at radius 3 is 1.66 bits per heavy atom. The molecule has 0 aliphatic heterocycles. The first-order chi connectivity index (χ1) is 16.8. The molecule has 3 aromatic carbocycles. The van der Waals surface area contributed by atoms with Crippen LogP contribution in [-0.4, -0.2) is 35.1 Å². The van der Waals surface area contributed by atoms with E-state index in [1.54, 1.807) is 12.3 Å². The first kappa shape index (κ1) is 23.1. The number of rotatable bonds is 6. The lowest BCUT2D eigenvalue weighted by atomic mass is 10.1. The third-order valence-electron chi connectivity index (χ3n) is 5.88. The molecule has 7 heteroatoms. The van der Waals surface area contributed by atoms with Crippen molar-refractivity contribution in [1.29, 1.82) is 0 Å². The zero-order valence-electron chi connectivity index (χ0n) is 19.3. The lowest BCUT2D eigenvalue weighted by Gasteiger charge is -2.04. The zero-order chi connectivity index (χ0) is 24.6. The van der Waals surface area contributed by atoms with E-state index in [-0.39, 0.29) is 4.90 Å². The van der Waals surface area contributed by atoms with Gasteiger partial charge in [0.15, 0.2) is 9.84 Å². The van der Waals surface area contributed by atoms with Crippen molar-refractivity contribution in [3.8, 4) is 45.0 Å². The number of sulfone groups is 1. The van der Waals surface area contributed by atoms with Crippen LogP contribution in [-0.2, 0) is 20.6 Å². The SMILES string of the molecule is CS(=O)c1cc(-c2cccc(-c3cc(S(C)(=O)=O)c(-c4ccccc4)[nH]3)c2)[nH]c1-c1ccccc1. The summed E-state index contributed by atoms with van der Waals surface area (Å²) in [5, 5.41) is 0. The number of hydrogen-bond acceptors (Lipinski definition) is 3. The van der Waals surface area contributed by atoms with Crippen LogP contribution in [0.3, 0.4) is 0 Å². The van der Waals surface area contributed by atoms with Gasteiger partial charge >= 0.3 is 0 Å². The van der Waals surface area contributed by atoms with Crippen LogP contribution in [0.4, 0.5) is 0 Å². The Kier molecular flexibility index (Phi) is 6.05. The third-order valence-corrected chi connectivity index (χ3v) is 7.94. The lowest BCUT2D eigenvalue weighted by molar-refractivity contribution is 0.602. The van der Waals surface area contributed by atoms with Gasteiger partial charge in [-0.25, -0.2) is 8.42 Å². The fourth-order valence-corrected chi connectivity index (χ4v) is 5.81. The quantitative estimate of drug-likeness (QED) is 0.293. The highest BCUT2D eigenvalue weighted by molar-refractivity contribution is 7.90. The molecule has 0 aliphatic rings. The second kappa shape index (κ2) is 9.17. The molecular weight excluding hydrogens is 476 g/mol. The molecule has 0 saturated heterocycles. The summed E-state index contributed by atoms with van der Waals surface area (Å²) < 4.78 is 37.6. The van der Waals surface area contributed by atoms with Crippen LogP contribution in [0.5, 0.6) is 0 Å². The van der Waals surface area contributed by atoms with Gasteiger partial charge in [-0.3, -0.25) is 4.21 Å². The number of aromatic amines is 2. The fraction of sp³-hybridized carbons (Fsp3) is 0.0714. The van der Waals surface area contributed by atoms with E-state index in [0.29, 0.717) is 11.4 Å². The summed E-state index contributed by atoms with van der Waals surface area (Å²) >= 11 is 0. The molecule has 2 aromatic heterocycles. The van der Waals surface area contributed by atoms with Crippen molar-refractivity contribution in [3.05, 3.63) is 97.1 Å². The highest BCUT2D eigenvalue weighted by Gasteiger charge is 2.20. The van der Waals surface area contributed by atoms with Gasteiger partial charge in [0.1, 0.15) is 0 Å². The van der Waals surface area contributed by atoms with Crippen LogP contribution in [0.2, 0.25) is 0 Å². The van der Waals surface area contributed by atoms with Crippen LogP contribution in [0.15, 0.2) is 107 Å². The molecule has 0 aliphatic carbocycles. The molecule has 35 heavy (non-hydrogen) atoms. The van der Waals surface area contributed by atoms with Crippen molar-refractivity contribution in [1.82, 2.24) is 9.97 Å². The van der Waals surface area contributed by atoms with Gasteiger partial charge in [0.25, 0.3) is 0 Å². The second-order valence-corrected chi connectivity index (χ2v) is 11.7. The van der Waals surface area contributed by atoms with E-state index in [2.05, 4.69) is 9.97 Å². The minimum absolute atomic E-state index is 0.263. The molecule has 0 radical (unpaired) electrons. The molecule has 2 N–H and O–H groups in total. The molecule has 2 heterocycles. The maximum Gasteiger partial charge on any atom is 0.177 e. The van der Waals surface area contributed by atoms with E-state index >= 15 is 0 Å². The van der Waals surface area contributed by atoms with Gasteiger partial charge in [0.05, 0.1) is 32.0 Å². The standard InChI is InChI=1S/C28H24N2O3S2/c1-34(31)25-17-23(29-27(25)19-10-5-3-6-11-19)21-14-9-15-22(16-21)24-18-26(35(2,32)33)28(30-24)20-12-7-4-8-13-20/h3-18,29-30H,1-2H3. The van der Waals surface area contributed by atoms with Crippen molar-refractivity contribution in [2.45, 2.75) is 9.79 Å². The number of hydrogen-bond donors (Lipinski definition) is 2. The minimum atomic E-state index is -3.44. The van der Waals surface area contributed by atoms with Crippen LogP contribution in [0.1, 0.15) is 0 Å². The molecule has 0 amide bonds. The maximum atomic E-state index is 12.5. The summed E-state index contributed by atoms with van der Waals surface area (Å²) in [5.41, 5.74) is 6.49. The van der Waals surface area contributed by atoms with E-state index < -0.39 is 20.6 Å². The van der Waals surface area contributed by atoms with E-state index in [1.165, 1.54) is 6.26 Å². The second-order valence-electron chi connectivity index (χ2n) is 8.38. The van der Waals surface area contributed by atoms with Gasteiger partial charge < -0.3 is 9.97 Å². The smallest absolute Gasteiger partial charge is 0.177 e. The molecule has 0 saturated carbocycles. The van der Waals surface area contributed by atoms with Crippen molar-refractivity contribution in [3.63, 3.8) is 0 Å². The lowest BCUT2D eigenvalue weighted by Crippen LogP contribution is -1.97. The number of H-pyrrole nitrogens is 2. The Morgan fingerprint density at radius 2 is 1.11 bits per heavy atom. The summed E-state index contributed by atoms with van der Waals surface area (Å²) in [5.74, 6) is 0. The fourth-order valence-electron chi connectivity index (χ4n) is 4.19. The molecule has 0 spiro atoms. The van der Waals surface area contributed by atoms with E-state index in [0.717, 1.165) is 38.5 Å². The van der Waals surface area contributed by atoms with Crippen molar-refractivity contribution < 1.29 is 12.6 Å². The first-order valence-corrected chi connectivity index (χ1v) is 14.5. The molecular formula is C28H24N2O3S2.